The number of carboxylic acids is 4. The summed E-state index contributed by atoms with van der Waals surface area (Å²) >= 11 is 12.1. The molecule has 0 radical (unpaired) electrons. The number of ether oxygens (including phenoxy) is 3. The molecule has 3 saturated heterocycles. The average molecular weight is 1560 g/mol. The van der Waals surface area contributed by atoms with Crippen molar-refractivity contribution in [3.05, 3.63) is 153 Å². The van der Waals surface area contributed by atoms with Gasteiger partial charge in [-0.2, -0.15) is 0 Å². The number of nitrogens with one attached hydrogen (secondary N) is 1. The number of nitrogens with zero attached hydrogens (tertiary/aromatic N) is 10. The van der Waals surface area contributed by atoms with Gasteiger partial charge in [-0.1, -0.05) is 50.8 Å². The fourth-order valence-corrected chi connectivity index (χ4v) is 14.3. The topological polar surface area (TPSA) is 309 Å². The van der Waals surface area contributed by atoms with E-state index in [1.54, 1.807) is 0 Å². The molecule has 8 heterocycles. The molecule has 3 aliphatic heterocycles. The summed E-state index contributed by atoms with van der Waals surface area (Å²) in [6.07, 6.45) is 23.8. The van der Waals surface area contributed by atoms with Crippen molar-refractivity contribution >= 4 is 80.0 Å². The molecule has 3 aromatic carbocycles. The number of aliphatic carboxylic acids is 4. The number of carboxylic acid groups (broad SMARTS) is 4. The quantitative estimate of drug-likeness (QED) is 0.0193. The van der Waals surface area contributed by atoms with Crippen LogP contribution in [0.25, 0.3) is 32.9 Å². The lowest BCUT2D eigenvalue weighted by Crippen LogP contribution is -2.33. The minimum atomic E-state index is -1.26. The first kappa shape index (κ1) is 83.9. The van der Waals surface area contributed by atoms with E-state index >= 15 is 0 Å². The van der Waals surface area contributed by atoms with Crippen LogP contribution >= 0.6 is 23.2 Å². The van der Waals surface area contributed by atoms with E-state index in [2.05, 4.69) is 146 Å². The summed E-state index contributed by atoms with van der Waals surface area (Å²) in [6.45, 7) is 13.3. The van der Waals surface area contributed by atoms with Crippen LogP contribution in [0.5, 0.6) is 17.2 Å². The number of hydrogen-bond acceptors (Lipinski definition) is 21. The Morgan fingerprint density at radius 1 is 0.436 bits per heavy atom. The third-order valence-electron chi connectivity index (χ3n) is 20.6. The van der Waals surface area contributed by atoms with Gasteiger partial charge in [0, 0.05) is 73.2 Å². The largest absolute Gasteiger partial charge is 0.493 e. The molecule has 25 nitrogen and oxygen atoms in total. The Balaban J connectivity index is 0.000000160. The van der Waals surface area contributed by atoms with E-state index in [1.807, 2.05) is 24.3 Å². The Labute approximate surface area is 654 Å². The maximum atomic E-state index is 9.55. The molecule has 110 heavy (non-hydrogen) atoms. The molecule has 27 heteroatoms. The minimum absolute atomic E-state index is 0.558. The monoisotopic (exact) mass is 1550 g/mol. The van der Waals surface area contributed by atoms with Gasteiger partial charge in [0.15, 0.2) is 16.7 Å². The summed E-state index contributed by atoms with van der Waals surface area (Å²) in [6, 6.07) is 24.5. The molecule has 0 spiro atoms. The first-order valence-electron chi connectivity index (χ1n) is 38.7. The highest BCUT2D eigenvalue weighted by molar-refractivity contribution is 6.29. The van der Waals surface area contributed by atoms with Crippen molar-refractivity contribution in [2.45, 2.75) is 148 Å². The van der Waals surface area contributed by atoms with Gasteiger partial charge in [-0.25, -0.2) is 29.1 Å². The Morgan fingerprint density at radius 3 is 1.01 bits per heavy atom. The standard InChI is InChI=1S/2C27H35ClN4O2.C21H31N3O2.2C4H4O4/c2*1-31(2)17-23-25(33-18-20-6-7-20)11-9-22-24(30-34-27(22)23)10-8-19-12-14-32(15-13-19)16-21-4-3-5-26(28)29-21;1-24(2)13-18-20(25-14-16-3-4-16)8-6-17-19(23-26-21(17)18)7-5-15-9-11-22-12-10-15;2*5-3(6)1-2-4(7)8/h2*3-5,9,11,19-20H,6-8,10,12-18H2,1-2H3;6,8,15-16,22H,3-5,7,9-14H2,1-2H3;2*1-2H,(H,5,6)(H,7,8)/b;;;2*2-1+. The molecule has 8 aromatic rings. The number of aryl methyl sites for hydroxylation is 3. The van der Waals surface area contributed by atoms with E-state index in [0.717, 1.165) is 255 Å². The summed E-state index contributed by atoms with van der Waals surface area (Å²) in [4.78, 5) is 58.5. The number of halogens is 2. The predicted molar refractivity (Wildman–Crippen MR) is 423 cm³/mol. The van der Waals surface area contributed by atoms with Crippen LogP contribution in [0, 0.1) is 35.5 Å². The van der Waals surface area contributed by atoms with Gasteiger partial charge < -0.3 is 68.2 Å². The second-order valence-corrected chi connectivity index (χ2v) is 31.6. The molecule has 6 fully saturated rings. The lowest BCUT2D eigenvalue weighted by atomic mass is 9.91. The van der Waals surface area contributed by atoms with E-state index in [4.69, 9.17) is 71.4 Å². The maximum Gasteiger partial charge on any atom is 0.328 e. The number of aromatic nitrogens is 5. The van der Waals surface area contributed by atoms with Crippen LogP contribution in [0.1, 0.15) is 141 Å². The number of hydrogen-bond donors (Lipinski definition) is 5. The van der Waals surface area contributed by atoms with Gasteiger partial charge >= 0.3 is 23.9 Å². The van der Waals surface area contributed by atoms with E-state index < -0.39 is 23.9 Å². The highest BCUT2D eigenvalue weighted by atomic mass is 35.5. The minimum Gasteiger partial charge on any atom is -0.493 e. The number of fused-ring (bicyclic) bond motifs is 3. The Bertz CT molecular complexity index is 4090. The fraction of sp³-hybridized carbons (Fsp3) is 0.530. The summed E-state index contributed by atoms with van der Waals surface area (Å²) < 4.78 is 36.0. The zero-order valence-electron chi connectivity index (χ0n) is 64.4. The van der Waals surface area contributed by atoms with Crippen molar-refractivity contribution in [2.24, 2.45) is 35.5 Å². The second-order valence-electron chi connectivity index (χ2n) is 30.8. The van der Waals surface area contributed by atoms with Crippen LogP contribution < -0.4 is 19.5 Å². The van der Waals surface area contributed by atoms with Crippen LogP contribution in [-0.2, 0) is 71.2 Å². The highest BCUT2D eigenvalue weighted by Crippen LogP contribution is 2.39. The highest BCUT2D eigenvalue weighted by Gasteiger charge is 2.29. The zero-order chi connectivity index (χ0) is 78.1. The zero-order valence-corrected chi connectivity index (χ0v) is 65.9. The Morgan fingerprint density at radius 2 is 0.736 bits per heavy atom. The number of benzene rings is 3. The summed E-state index contributed by atoms with van der Waals surface area (Å²) in [5.41, 5.74) is 11.4. The lowest BCUT2D eigenvalue weighted by molar-refractivity contribution is -0.134. The van der Waals surface area contributed by atoms with Crippen LogP contribution in [0.4, 0.5) is 0 Å². The van der Waals surface area contributed by atoms with Gasteiger partial charge in [-0.05, 0) is 293 Å². The van der Waals surface area contributed by atoms with Crippen molar-refractivity contribution in [3.63, 3.8) is 0 Å². The third kappa shape index (κ3) is 27.7. The van der Waals surface area contributed by atoms with Gasteiger partial charge in [-0.3, -0.25) is 9.80 Å². The normalized spacial score (nSPS) is 16.7. The average Bonchev–Trinajstić information content (AvgIpc) is 1.50. The number of pyridine rings is 2. The van der Waals surface area contributed by atoms with Crippen molar-refractivity contribution in [2.75, 3.05) is 101 Å². The molecule has 594 valence electrons. The fourth-order valence-electron chi connectivity index (χ4n) is 14.0. The van der Waals surface area contributed by atoms with E-state index in [1.165, 1.54) is 83.5 Å². The molecule has 0 bridgehead atoms. The van der Waals surface area contributed by atoms with Crippen LogP contribution in [0.3, 0.4) is 0 Å². The molecular formula is C83H109Cl2N11O14. The smallest absolute Gasteiger partial charge is 0.328 e. The van der Waals surface area contributed by atoms with Crippen molar-refractivity contribution < 1.29 is 67.4 Å². The molecule has 14 rings (SSSR count). The van der Waals surface area contributed by atoms with E-state index in [9.17, 15) is 19.2 Å². The molecule has 5 aromatic heterocycles. The molecule has 0 amide bonds. The molecule has 3 aliphatic carbocycles. The number of rotatable bonds is 32. The second kappa shape index (κ2) is 42.2. The summed E-state index contributed by atoms with van der Waals surface area (Å²) in [5.74, 6) is 2.25. The van der Waals surface area contributed by atoms with Gasteiger partial charge in [0.25, 0.3) is 0 Å². The van der Waals surface area contributed by atoms with Gasteiger partial charge in [0.1, 0.15) is 27.6 Å². The van der Waals surface area contributed by atoms with Crippen LogP contribution in [-0.4, -0.2) is 196 Å². The maximum absolute atomic E-state index is 9.55. The molecule has 3 saturated carbocycles. The van der Waals surface area contributed by atoms with Crippen molar-refractivity contribution in [3.8, 4) is 17.2 Å². The molecule has 0 unspecified atom stereocenters. The molecule has 6 aliphatic rings. The van der Waals surface area contributed by atoms with E-state index in [-0.39, 0.29) is 0 Å². The Hall–Kier alpha value is -8.53. The van der Waals surface area contributed by atoms with Gasteiger partial charge in [0.2, 0.25) is 0 Å². The van der Waals surface area contributed by atoms with Gasteiger partial charge in [-0.15, -0.1) is 0 Å². The Kier molecular flexibility index (Phi) is 32.2. The van der Waals surface area contributed by atoms with Crippen molar-refractivity contribution in [1.82, 2.24) is 55.3 Å². The number of likely N-dealkylation sites (tertiary alicyclic amines) is 2. The first-order valence-corrected chi connectivity index (χ1v) is 39.5. The SMILES string of the molecule is CN(C)Cc1c(OCC2CC2)ccc2c(CCC3CCN(Cc4cccc(Cl)n4)CC3)noc12.CN(C)Cc1c(OCC2CC2)ccc2c(CCC3CCN(Cc4cccc(Cl)n4)CC3)noc12.CN(C)Cc1c(OCC2CC2)ccc2c(CCC3CCNCC3)noc12.O=C(O)/C=C/C(=O)O.O=C(O)/C=C/C(=O)O. The van der Waals surface area contributed by atoms with Gasteiger partial charge in [0.05, 0.1) is 65.0 Å². The summed E-state index contributed by atoms with van der Waals surface area (Å²) in [5, 5.41) is 52.7. The number of piperidine rings is 3. The summed E-state index contributed by atoms with van der Waals surface area (Å²) in [7, 11) is 12.5. The molecule has 0 atom stereocenters. The molecule has 5 N–H and O–H groups in total. The van der Waals surface area contributed by atoms with Crippen LogP contribution in [0.2, 0.25) is 10.3 Å². The van der Waals surface area contributed by atoms with Crippen LogP contribution in [0.15, 0.2) is 111 Å². The molecular weight excluding hydrogens is 1450 g/mol. The van der Waals surface area contributed by atoms with Crippen molar-refractivity contribution in [1.29, 1.82) is 0 Å². The third-order valence-corrected chi connectivity index (χ3v) is 21.0. The van der Waals surface area contributed by atoms with E-state index in [0.29, 0.717) is 34.6 Å². The lowest BCUT2D eigenvalue weighted by Gasteiger charge is -2.31. The number of carbonyl (C=O) groups is 4. The first-order chi connectivity index (χ1) is 53.0. The predicted octanol–water partition coefficient (Wildman–Crippen LogP) is 14.2.